The number of rotatable bonds is 6. The van der Waals surface area contributed by atoms with Crippen molar-refractivity contribution in [1.82, 2.24) is 15.1 Å². The smallest absolute Gasteiger partial charge is 0.267 e. The van der Waals surface area contributed by atoms with E-state index < -0.39 is 6.10 Å². The molecule has 3 rings (SSSR count). The lowest BCUT2D eigenvalue weighted by Gasteiger charge is -2.17. The maximum Gasteiger partial charge on any atom is 0.267 e. The maximum absolute atomic E-state index is 12.2. The van der Waals surface area contributed by atoms with Crippen LogP contribution in [0, 0.1) is 0 Å². The molecule has 6 nitrogen and oxygen atoms in total. The van der Waals surface area contributed by atoms with Crippen LogP contribution in [0.4, 0.5) is 0 Å². The van der Waals surface area contributed by atoms with Crippen LogP contribution in [0.5, 0.6) is 5.75 Å². The van der Waals surface area contributed by atoms with Crippen molar-refractivity contribution in [3.05, 3.63) is 55.9 Å². The molecule has 1 unspecified atom stereocenters. The molecule has 1 aliphatic rings. The summed E-state index contributed by atoms with van der Waals surface area (Å²) in [5, 5.41) is 8.02. The van der Waals surface area contributed by atoms with E-state index in [2.05, 4.69) is 10.4 Å². The van der Waals surface area contributed by atoms with Crippen LogP contribution >= 0.6 is 23.2 Å². The number of amides is 1. The lowest BCUT2D eigenvalue weighted by atomic mass is 9.97. The average Bonchev–Trinajstić information content (AvgIpc) is 2.64. The number of carbonyl (C=O) groups excluding carboxylic acids is 1. The van der Waals surface area contributed by atoms with Crippen LogP contribution in [0.15, 0.2) is 29.1 Å². The van der Waals surface area contributed by atoms with Gasteiger partial charge in [-0.3, -0.25) is 9.59 Å². The average molecular weight is 410 g/mol. The van der Waals surface area contributed by atoms with Crippen LogP contribution < -0.4 is 15.6 Å². The maximum atomic E-state index is 12.2. The molecule has 8 heteroatoms. The molecule has 0 saturated heterocycles. The molecule has 0 spiro atoms. The second-order valence-corrected chi connectivity index (χ2v) is 7.35. The minimum atomic E-state index is -0.739. The van der Waals surface area contributed by atoms with Crippen molar-refractivity contribution < 1.29 is 9.53 Å². The number of nitrogens with zero attached hydrogens (tertiary/aromatic N) is 2. The Morgan fingerprint density at radius 2 is 2.07 bits per heavy atom. The van der Waals surface area contributed by atoms with Crippen molar-refractivity contribution in [1.29, 1.82) is 0 Å². The number of fused-ring (bicyclic) bond motifs is 1. The Morgan fingerprint density at radius 3 is 2.85 bits per heavy atom. The van der Waals surface area contributed by atoms with Crippen molar-refractivity contribution in [2.75, 3.05) is 6.54 Å². The first-order chi connectivity index (χ1) is 12.9. The fourth-order valence-corrected chi connectivity index (χ4v) is 3.46. The van der Waals surface area contributed by atoms with E-state index >= 15 is 0 Å². The largest absolute Gasteiger partial charge is 0.479 e. The van der Waals surface area contributed by atoms with E-state index in [1.807, 2.05) is 0 Å². The molecule has 27 heavy (non-hydrogen) atoms. The minimum Gasteiger partial charge on any atom is -0.479 e. The number of hydrogen-bond donors (Lipinski definition) is 1. The van der Waals surface area contributed by atoms with E-state index in [0.717, 1.165) is 36.9 Å². The van der Waals surface area contributed by atoms with Crippen molar-refractivity contribution >= 4 is 29.1 Å². The predicted molar refractivity (Wildman–Crippen MR) is 105 cm³/mol. The predicted octanol–water partition coefficient (Wildman–Crippen LogP) is 3.01. The quantitative estimate of drug-likeness (QED) is 0.795. The molecule has 144 valence electrons. The fraction of sp³-hybridized carbons (Fsp3) is 0.421. The molecule has 0 aliphatic heterocycles. The van der Waals surface area contributed by atoms with Gasteiger partial charge in [-0.2, -0.15) is 5.10 Å². The topological polar surface area (TPSA) is 73.2 Å². The molecule has 1 aromatic heterocycles. The Balaban J connectivity index is 1.54. The second kappa shape index (κ2) is 8.76. The number of carbonyl (C=O) groups is 1. The zero-order chi connectivity index (χ0) is 19.4. The SMILES string of the molecule is CC(Oc1ccc(Cl)cc1Cl)C(=O)NCCn1nc2c(cc1=O)CCCC2. The summed E-state index contributed by atoms with van der Waals surface area (Å²) >= 11 is 11.9. The number of aromatic nitrogens is 2. The zero-order valence-electron chi connectivity index (χ0n) is 15.0. The van der Waals surface area contributed by atoms with Crippen LogP contribution in [-0.4, -0.2) is 28.3 Å². The van der Waals surface area contributed by atoms with Gasteiger partial charge < -0.3 is 10.1 Å². The fourth-order valence-electron chi connectivity index (χ4n) is 3.00. The first-order valence-electron chi connectivity index (χ1n) is 8.93. The molecular weight excluding hydrogens is 389 g/mol. The van der Waals surface area contributed by atoms with E-state index in [4.69, 9.17) is 27.9 Å². The first kappa shape index (κ1) is 19.7. The van der Waals surface area contributed by atoms with Gasteiger partial charge in [0, 0.05) is 17.6 Å². The highest BCUT2D eigenvalue weighted by Crippen LogP contribution is 2.28. The number of hydrogen-bond acceptors (Lipinski definition) is 4. The zero-order valence-corrected chi connectivity index (χ0v) is 16.5. The lowest BCUT2D eigenvalue weighted by Crippen LogP contribution is -2.39. The third kappa shape index (κ3) is 5.02. The standard InChI is InChI=1S/C19H21Cl2N3O3/c1-12(27-17-7-6-14(20)11-15(17)21)19(26)22-8-9-24-18(25)10-13-4-2-3-5-16(13)23-24/h6-7,10-12H,2-5,8-9H2,1H3,(H,22,26). The molecule has 1 N–H and O–H groups in total. The summed E-state index contributed by atoms with van der Waals surface area (Å²) < 4.78 is 6.98. The van der Waals surface area contributed by atoms with Crippen LogP contribution in [0.25, 0.3) is 0 Å². The van der Waals surface area contributed by atoms with Gasteiger partial charge >= 0.3 is 0 Å². The van der Waals surface area contributed by atoms with E-state index in [9.17, 15) is 9.59 Å². The Labute approximate surface area is 167 Å². The number of nitrogens with one attached hydrogen (secondary N) is 1. The Kier molecular flexibility index (Phi) is 6.39. The second-order valence-electron chi connectivity index (χ2n) is 6.51. The van der Waals surface area contributed by atoms with Crippen LogP contribution in [-0.2, 0) is 24.2 Å². The summed E-state index contributed by atoms with van der Waals surface area (Å²) in [5.74, 6) is 0.0864. The van der Waals surface area contributed by atoms with Gasteiger partial charge in [0.2, 0.25) is 0 Å². The molecule has 1 heterocycles. The molecule has 2 aromatic rings. The number of benzene rings is 1. The molecule has 0 radical (unpaired) electrons. The van der Waals surface area contributed by atoms with E-state index in [1.54, 1.807) is 31.2 Å². The minimum absolute atomic E-state index is 0.137. The number of aryl methyl sites for hydroxylation is 2. The summed E-state index contributed by atoms with van der Waals surface area (Å²) in [6.07, 6.45) is 3.27. The molecule has 0 bridgehead atoms. The molecule has 1 aromatic carbocycles. The highest BCUT2D eigenvalue weighted by Gasteiger charge is 2.17. The van der Waals surface area contributed by atoms with Gasteiger partial charge in [0.05, 0.1) is 17.3 Å². The third-order valence-corrected chi connectivity index (χ3v) is 4.99. The number of halogens is 2. The molecule has 1 atom stereocenters. The van der Waals surface area contributed by atoms with E-state index in [0.29, 0.717) is 22.3 Å². The van der Waals surface area contributed by atoms with Crippen LogP contribution in [0.1, 0.15) is 31.0 Å². The summed E-state index contributed by atoms with van der Waals surface area (Å²) in [5.41, 5.74) is 1.90. The third-order valence-electron chi connectivity index (χ3n) is 4.46. The molecule has 1 amide bonds. The molecule has 0 saturated carbocycles. The molecular formula is C19H21Cl2N3O3. The van der Waals surface area contributed by atoms with Gasteiger partial charge in [0.25, 0.3) is 11.5 Å². The van der Waals surface area contributed by atoms with E-state index in [1.165, 1.54) is 4.68 Å². The van der Waals surface area contributed by atoms with Gasteiger partial charge in [-0.1, -0.05) is 23.2 Å². The van der Waals surface area contributed by atoms with Gasteiger partial charge in [0.1, 0.15) is 5.75 Å². The van der Waals surface area contributed by atoms with Crippen molar-refractivity contribution in [3.63, 3.8) is 0 Å². The summed E-state index contributed by atoms with van der Waals surface area (Å²) in [4.78, 5) is 24.4. The van der Waals surface area contributed by atoms with Gasteiger partial charge in [0.15, 0.2) is 6.10 Å². The van der Waals surface area contributed by atoms with E-state index in [-0.39, 0.29) is 18.0 Å². The Bertz CT molecular complexity index is 898. The van der Waals surface area contributed by atoms with Crippen molar-refractivity contribution in [2.45, 2.75) is 45.3 Å². The Hall–Kier alpha value is -2.05. The summed E-state index contributed by atoms with van der Waals surface area (Å²) in [6.45, 7) is 2.22. The normalized spacial score (nSPS) is 14.3. The van der Waals surface area contributed by atoms with Gasteiger partial charge in [-0.25, -0.2) is 4.68 Å². The van der Waals surface area contributed by atoms with Gasteiger partial charge in [-0.05, 0) is 56.4 Å². The monoisotopic (exact) mass is 409 g/mol. The highest BCUT2D eigenvalue weighted by molar-refractivity contribution is 6.35. The molecule has 0 fully saturated rings. The first-order valence-corrected chi connectivity index (χ1v) is 9.69. The lowest BCUT2D eigenvalue weighted by molar-refractivity contribution is -0.127. The Morgan fingerprint density at radius 1 is 1.30 bits per heavy atom. The van der Waals surface area contributed by atoms with Gasteiger partial charge in [-0.15, -0.1) is 0 Å². The summed E-state index contributed by atoms with van der Waals surface area (Å²) in [7, 11) is 0. The van der Waals surface area contributed by atoms with Crippen LogP contribution in [0.3, 0.4) is 0 Å². The number of ether oxygens (including phenoxy) is 1. The molecule has 1 aliphatic carbocycles. The van der Waals surface area contributed by atoms with Crippen molar-refractivity contribution in [3.8, 4) is 5.75 Å². The summed E-state index contributed by atoms with van der Waals surface area (Å²) in [6, 6.07) is 6.47. The highest BCUT2D eigenvalue weighted by atomic mass is 35.5. The van der Waals surface area contributed by atoms with Crippen molar-refractivity contribution in [2.24, 2.45) is 0 Å². The van der Waals surface area contributed by atoms with Crippen LogP contribution in [0.2, 0.25) is 10.0 Å².